The van der Waals surface area contributed by atoms with E-state index in [4.69, 9.17) is 0 Å². The van der Waals surface area contributed by atoms with E-state index in [1.807, 2.05) is 6.07 Å². The highest BCUT2D eigenvalue weighted by atomic mass is 19.1. The highest BCUT2D eigenvalue weighted by Crippen LogP contribution is 2.29. The van der Waals surface area contributed by atoms with Crippen LogP contribution in [0.4, 0.5) is 10.1 Å². The van der Waals surface area contributed by atoms with Crippen LogP contribution in [0.1, 0.15) is 34.6 Å². The summed E-state index contributed by atoms with van der Waals surface area (Å²) in [6.07, 6.45) is 0. The molecule has 1 aliphatic rings. The van der Waals surface area contributed by atoms with E-state index >= 15 is 0 Å². The number of anilines is 1. The van der Waals surface area contributed by atoms with E-state index in [1.165, 1.54) is 6.07 Å². The predicted molar refractivity (Wildman–Crippen MR) is 83.6 cm³/mol. The van der Waals surface area contributed by atoms with E-state index in [0.29, 0.717) is 18.0 Å². The van der Waals surface area contributed by atoms with Gasteiger partial charge in [-0.05, 0) is 29.5 Å². The van der Waals surface area contributed by atoms with Crippen molar-refractivity contribution in [3.63, 3.8) is 0 Å². The number of nitrogens with zero attached hydrogens (tertiary/aromatic N) is 1. The summed E-state index contributed by atoms with van der Waals surface area (Å²) in [7, 11) is 0. The van der Waals surface area contributed by atoms with E-state index in [1.54, 1.807) is 12.1 Å². The molecule has 2 unspecified atom stereocenters. The van der Waals surface area contributed by atoms with Gasteiger partial charge in [-0.25, -0.2) is 4.39 Å². The number of halogens is 1. The predicted octanol–water partition coefficient (Wildman–Crippen LogP) is 3.67. The van der Waals surface area contributed by atoms with Crippen LogP contribution in [0.2, 0.25) is 0 Å². The Bertz CT molecular complexity index is 451. The zero-order chi connectivity index (χ0) is 14.9. The van der Waals surface area contributed by atoms with Gasteiger partial charge in [0.1, 0.15) is 5.82 Å². The Morgan fingerprint density at radius 3 is 2.55 bits per heavy atom. The molecule has 1 aromatic carbocycles. The van der Waals surface area contributed by atoms with E-state index in [-0.39, 0.29) is 11.2 Å². The third kappa shape index (κ3) is 3.32. The van der Waals surface area contributed by atoms with Crippen molar-refractivity contribution < 1.29 is 4.39 Å². The first-order valence-corrected chi connectivity index (χ1v) is 7.54. The lowest BCUT2D eigenvalue weighted by Crippen LogP contribution is -2.62. The molecule has 1 saturated heterocycles. The fourth-order valence-corrected chi connectivity index (χ4v) is 2.90. The van der Waals surface area contributed by atoms with Gasteiger partial charge < -0.3 is 10.2 Å². The van der Waals surface area contributed by atoms with Gasteiger partial charge >= 0.3 is 0 Å². The fraction of sp³-hybridized carbons (Fsp3) is 0.647. The molecule has 1 heterocycles. The number of hydrogen-bond donors (Lipinski definition) is 1. The standard InChI is InChI=1S/C17H27FN2/c1-12(2)15-10-19-16(17(3,4)5)11-20(15)14-8-6-7-13(18)9-14/h6-9,12,15-16,19H,10-11H2,1-5H3. The van der Waals surface area contributed by atoms with Crippen molar-refractivity contribution in [1.29, 1.82) is 0 Å². The van der Waals surface area contributed by atoms with Gasteiger partial charge in [0.15, 0.2) is 0 Å². The third-order valence-corrected chi connectivity index (χ3v) is 4.31. The maximum absolute atomic E-state index is 13.5. The lowest BCUT2D eigenvalue weighted by molar-refractivity contribution is 0.221. The number of rotatable bonds is 2. The van der Waals surface area contributed by atoms with Crippen LogP contribution in [0.15, 0.2) is 24.3 Å². The molecule has 0 aliphatic carbocycles. The lowest BCUT2D eigenvalue weighted by Gasteiger charge is -2.47. The summed E-state index contributed by atoms with van der Waals surface area (Å²) in [6, 6.07) is 7.81. The van der Waals surface area contributed by atoms with Gasteiger partial charge in [0.25, 0.3) is 0 Å². The van der Waals surface area contributed by atoms with Gasteiger partial charge in [0.05, 0.1) is 0 Å². The first-order chi connectivity index (χ1) is 9.29. The van der Waals surface area contributed by atoms with Gasteiger partial charge in [0, 0.05) is 30.9 Å². The molecule has 0 amide bonds. The van der Waals surface area contributed by atoms with Crippen molar-refractivity contribution in [1.82, 2.24) is 5.32 Å². The van der Waals surface area contributed by atoms with Gasteiger partial charge in [0.2, 0.25) is 0 Å². The molecule has 20 heavy (non-hydrogen) atoms. The quantitative estimate of drug-likeness (QED) is 0.888. The van der Waals surface area contributed by atoms with Crippen LogP contribution < -0.4 is 10.2 Å². The average molecular weight is 278 g/mol. The van der Waals surface area contributed by atoms with Crippen molar-refractivity contribution >= 4 is 5.69 Å². The monoisotopic (exact) mass is 278 g/mol. The fourth-order valence-electron chi connectivity index (χ4n) is 2.90. The zero-order valence-corrected chi connectivity index (χ0v) is 13.3. The minimum atomic E-state index is -0.157. The SMILES string of the molecule is CC(C)C1CNC(C(C)(C)C)CN1c1cccc(F)c1. The van der Waals surface area contributed by atoms with Crippen molar-refractivity contribution in [2.45, 2.75) is 46.7 Å². The molecule has 2 atom stereocenters. The molecule has 0 saturated carbocycles. The molecular weight excluding hydrogens is 251 g/mol. The van der Waals surface area contributed by atoms with Gasteiger partial charge in [-0.3, -0.25) is 0 Å². The third-order valence-electron chi connectivity index (χ3n) is 4.31. The minimum Gasteiger partial charge on any atom is -0.365 e. The molecule has 2 rings (SSSR count). The molecule has 2 nitrogen and oxygen atoms in total. The van der Waals surface area contributed by atoms with Crippen LogP contribution in [0.25, 0.3) is 0 Å². The maximum atomic E-state index is 13.5. The first kappa shape index (κ1) is 15.3. The molecule has 0 aromatic heterocycles. The highest BCUT2D eigenvalue weighted by Gasteiger charge is 2.35. The van der Waals surface area contributed by atoms with E-state index in [0.717, 1.165) is 18.8 Å². The second-order valence-electron chi connectivity index (χ2n) is 7.27. The molecule has 1 aliphatic heterocycles. The smallest absolute Gasteiger partial charge is 0.125 e. The van der Waals surface area contributed by atoms with E-state index in [2.05, 4.69) is 44.8 Å². The Balaban J connectivity index is 2.28. The molecule has 1 fully saturated rings. The minimum absolute atomic E-state index is 0.157. The number of piperazine rings is 1. The summed E-state index contributed by atoms with van der Waals surface area (Å²) in [5.41, 5.74) is 1.20. The summed E-state index contributed by atoms with van der Waals surface area (Å²) < 4.78 is 13.5. The van der Waals surface area contributed by atoms with Crippen molar-refractivity contribution in [2.75, 3.05) is 18.0 Å². The number of hydrogen-bond acceptors (Lipinski definition) is 2. The second kappa shape index (κ2) is 5.72. The van der Waals surface area contributed by atoms with E-state index < -0.39 is 0 Å². The summed E-state index contributed by atoms with van der Waals surface area (Å²) in [5, 5.41) is 3.67. The zero-order valence-electron chi connectivity index (χ0n) is 13.3. The Morgan fingerprint density at radius 1 is 1.30 bits per heavy atom. The van der Waals surface area contributed by atoms with Crippen molar-refractivity contribution in [2.24, 2.45) is 11.3 Å². The van der Waals surface area contributed by atoms with Crippen LogP contribution >= 0.6 is 0 Å². The molecule has 0 spiro atoms. The number of nitrogens with one attached hydrogen (secondary N) is 1. The van der Waals surface area contributed by atoms with Crippen LogP contribution in [0.3, 0.4) is 0 Å². The maximum Gasteiger partial charge on any atom is 0.125 e. The summed E-state index contributed by atoms with van der Waals surface area (Å²) in [5.74, 6) is 0.377. The van der Waals surface area contributed by atoms with Crippen LogP contribution in [-0.4, -0.2) is 25.2 Å². The van der Waals surface area contributed by atoms with E-state index in [9.17, 15) is 4.39 Å². The largest absolute Gasteiger partial charge is 0.365 e. The molecular formula is C17H27FN2. The Morgan fingerprint density at radius 2 is 2.00 bits per heavy atom. The number of benzene rings is 1. The Kier molecular flexibility index (Phi) is 4.38. The van der Waals surface area contributed by atoms with Crippen LogP contribution in [0, 0.1) is 17.2 Å². The summed E-state index contributed by atoms with van der Waals surface area (Å²) in [6.45, 7) is 13.1. The van der Waals surface area contributed by atoms with Crippen LogP contribution in [0.5, 0.6) is 0 Å². The van der Waals surface area contributed by atoms with Crippen molar-refractivity contribution in [3.8, 4) is 0 Å². The molecule has 1 aromatic rings. The highest BCUT2D eigenvalue weighted by molar-refractivity contribution is 5.48. The summed E-state index contributed by atoms with van der Waals surface area (Å²) >= 11 is 0. The average Bonchev–Trinajstić information content (AvgIpc) is 2.37. The topological polar surface area (TPSA) is 15.3 Å². The van der Waals surface area contributed by atoms with Gasteiger partial charge in [-0.1, -0.05) is 40.7 Å². The van der Waals surface area contributed by atoms with Crippen molar-refractivity contribution in [3.05, 3.63) is 30.1 Å². The normalized spacial score (nSPS) is 24.2. The lowest BCUT2D eigenvalue weighted by atomic mass is 9.83. The summed E-state index contributed by atoms with van der Waals surface area (Å²) in [4.78, 5) is 2.38. The molecule has 3 heteroatoms. The molecule has 112 valence electrons. The van der Waals surface area contributed by atoms with Gasteiger partial charge in [-0.15, -0.1) is 0 Å². The Hall–Kier alpha value is -1.09. The van der Waals surface area contributed by atoms with Crippen LogP contribution in [-0.2, 0) is 0 Å². The van der Waals surface area contributed by atoms with Gasteiger partial charge in [-0.2, -0.15) is 0 Å². The first-order valence-electron chi connectivity index (χ1n) is 7.54. The molecule has 0 radical (unpaired) electrons. The Labute approximate surface area is 122 Å². The second-order valence-corrected chi connectivity index (χ2v) is 7.27. The molecule has 0 bridgehead atoms. The molecule has 1 N–H and O–H groups in total.